The zero-order chi connectivity index (χ0) is 28.7. The minimum atomic E-state index is -3.71. The molecule has 0 aliphatic carbocycles. The molecule has 2 heterocycles. The standard InChI is InChI=1S/C31H34N2O7S/c34-19-7-20-39-26-14-12-25(13-15-26)29-32-31(30(35)33-17-21-38-22-18-33,28(40-29)24-8-3-1-4-9-24)16-23-41(36,37)27-10-5-2-6-11-27/h1-6,8-15,28,34H,7,16-23H2/t28-,31-/m1/s1. The summed E-state index contributed by atoms with van der Waals surface area (Å²) in [6.45, 7) is 2.00. The first kappa shape index (κ1) is 28.8. The van der Waals surface area contributed by atoms with Gasteiger partial charge in [-0.2, -0.15) is 0 Å². The van der Waals surface area contributed by atoms with E-state index in [2.05, 4.69) is 0 Å². The summed E-state index contributed by atoms with van der Waals surface area (Å²) >= 11 is 0. The Morgan fingerprint density at radius 2 is 1.63 bits per heavy atom. The maximum atomic E-state index is 14.4. The lowest BCUT2D eigenvalue weighted by molar-refractivity contribution is -0.144. The molecule has 216 valence electrons. The summed E-state index contributed by atoms with van der Waals surface area (Å²) in [5, 5.41) is 9.01. The van der Waals surface area contributed by atoms with Crippen LogP contribution in [0.3, 0.4) is 0 Å². The number of aliphatic hydroxyl groups is 1. The number of rotatable bonds is 11. The lowest BCUT2D eigenvalue weighted by Gasteiger charge is -2.37. The van der Waals surface area contributed by atoms with Crippen LogP contribution < -0.4 is 4.74 Å². The van der Waals surface area contributed by atoms with Crippen LogP contribution in [0.15, 0.2) is 94.8 Å². The van der Waals surface area contributed by atoms with Crippen LogP contribution in [-0.2, 0) is 24.1 Å². The Morgan fingerprint density at radius 1 is 0.976 bits per heavy atom. The van der Waals surface area contributed by atoms with E-state index in [4.69, 9.17) is 24.3 Å². The Morgan fingerprint density at radius 3 is 2.29 bits per heavy atom. The number of morpholine rings is 1. The lowest BCUT2D eigenvalue weighted by atomic mass is 9.84. The number of benzene rings is 3. The molecule has 1 saturated heterocycles. The van der Waals surface area contributed by atoms with E-state index in [1.54, 1.807) is 59.5 Å². The van der Waals surface area contributed by atoms with Gasteiger partial charge in [0.25, 0.3) is 5.91 Å². The highest BCUT2D eigenvalue weighted by Crippen LogP contribution is 2.44. The van der Waals surface area contributed by atoms with Crippen molar-refractivity contribution in [3.05, 3.63) is 96.1 Å². The highest BCUT2D eigenvalue weighted by molar-refractivity contribution is 7.91. The molecule has 0 saturated carbocycles. The van der Waals surface area contributed by atoms with Crippen LogP contribution in [0.1, 0.15) is 30.1 Å². The van der Waals surface area contributed by atoms with Crippen molar-refractivity contribution in [1.82, 2.24) is 4.90 Å². The molecule has 1 N–H and O–H groups in total. The third-order valence-electron chi connectivity index (χ3n) is 7.26. The summed E-state index contributed by atoms with van der Waals surface area (Å²) < 4.78 is 44.4. The smallest absolute Gasteiger partial charge is 0.255 e. The number of carbonyl (C=O) groups excluding carboxylic acids is 1. The number of carbonyl (C=O) groups is 1. The molecule has 2 aliphatic heterocycles. The van der Waals surface area contributed by atoms with Gasteiger partial charge < -0.3 is 24.2 Å². The summed E-state index contributed by atoms with van der Waals surface area (Å²) in [6.07, 6.45) is -0.374. The highest BCUT2D eigenvalue weighted by atomic mass is 32.2. The quantitative estimate of drug-likeness (QED) is 0.347. The van der Waals surface area contributed by atoms with Crippen molar-refractivity contribution in [2.45, 2.75) is 29.4 Å². The van der Waals surface area contributed by atoms with Crippen LogP contribution in [0.5, 0.6) is 5.75 Å². The van der Waals surface area contributed by atoms with Crippen molar-refractivity contribution in [3.8, 4) is 5.75 Å². The second-order valence-corrected chi connectivity index (χ2v) is 12.1. The van der Waals surface area contributed by atoms with Crippen molar-refractivity contribution >= 4 is 21.6 Å². The molecule has 3 aromatic rings. The Bertz CT molecular complexity index is 1440. The number of amides is 1. The van der Waals surface area contributed by atoms with Crippen LogP contribution in [0.25, 0.3) is 0 Å². The van der Waals surface area contributed by atoms with E-state index in [0.29, 0.717) is 50.6 Å². The second kappa shape index (κ2) is 12.8. The van der Waals surface area contributed by atoms with Gasteiger partial charge in [-0.3, -0.25) is 4.79 Å². The van der Waals surface area contributed by atoms with Crippen LogP contribution in [0.2, 0.25) is 0 Å². The molecule has 1 fully saturated rings. The van der Waals surface area contributed by atoms with Gasteiger partial charge in [0.15, 0.2) is 21.5 Å². The van der Waals surface area contributed by atoms with Gasteiger partial charge in [-0.15, -0.1) is 0 Å². The minimum Gasteiger partial charge on any atom is -0.494 e. The molecule has 0 spiro atoms. The van der Waals surface area contributed by atoms with Gasteiger partial charge in [0, 0.05) is 38.1 Å². The molecular formula is C31H34N2O7S. The van der Waals surface area contributed by atoms with Crippen LogP contribution in [0.4, 0.5) is 0 Å². The van der Waals surface area contributed by atoms with Gasteiger partial charge in [0.1, 0.15) is 5.75 Å². The van der Waals surface area contributed by atoms with Crippen molar-refractivity contribution in [1.29, 1.82) is 0 Å². The predicted molar refractivity (Wildman–Crippen MR) is 154 cm³/mol. The number of nitrogens with zero attached hydrogens (tertiary/aromatic N) is 2. The Hall–Kier alpha value is -3.73. The normalized spacial score (nSPS) is 20.8. The SMILES string of the molecule is O=C(N1CCOCC1)[C@]1(CCS(=O)(=O)c2ccccc2)N=C(c2ccc(OCCCO)cc2)O[C@@H]1c1ccccc1. The molecule has 0 unspecified atom stereocenters. The first-order valence-corrected chi connectivity index (χ1v) is 15.4. The van der Waals surface area contributed by atoms with E-state index in [0.717, 1.165) is 5.56 Å². The zero-order valence-corrected chi connectivity index (χ0v) is 23.5. The zero-order valence-electron chi connectivity index (χ0n) is 22.7. The molecule has 41 heavy (non-hydrogen) atoms. The monoisotopic (exact) mass is 578 g/mol. The predicted octanol–water partition coefficient (Wildman–Crippen LogP) is 3.43. The molecule has 1 amide bonds. The molecule has 9 nitrogen and oxygen atoms in total. The number of aliphatic imine (C=N–C) groups is 1. The fraction of sp³-hybridized carbons (Fsp3) is 0.355. The number of hydrogen-bond donors (Lipinski definition) is 1. The van der Waals surface area contributed by atoms with Crippen LogP contribution >= 0.6 is 0 Å². The number of hydrogen-bond acceptors (Lipinski definition) is 8. The molecule has 5 rings (SSSR count). The van der Waals surface area contributed by atoms with E-state index < -0.39 is 21.5 Å². The molecule has 2 atom stereocenters. The molecule has 2 aliphatic rings. The summed E-state index contributed by atoms with van der Waals surface area (Å²) in [7, 11) is -3.71. The summed E-state index contributed by atoms with van der Waals surface area (Å²) in [4.78, 5) is 21.2. The average Bonchev–Trinajstić information content (AvgIpc) is 3.42. The van der Waals surface area contributed by atoms with Crippen molar-refractivity contribution in [3.63, 3.8) is 0 Å². The lowest BCUT2D eigenvalue weighted by Crippen LogP contribution is -2.54. The Labute approximate surface area is 240 Å². The van der Waals surface area contributed by atoms with Gasteiger partial charge in [0.05, 0.1) is 30.5 Å². The molecule has 0 aromatic heterocycles. The van der Waals surface area contributed by atoms with Crippen molar-refractivity contribution in [2.24, 2.45) is 4.99 Å². The summed E-state index contributed by atoms with van der Waals surface area (Å²) in [6, 6.07) is 24.7. The summed E-state index contributed by atoms with van der Waals surface area (Å²) in [5.74, 6) is 0.329. The van der Waals surface area contributed by atoms with E-state index in [1.165, 1.54) is 0 Å². The molecular weight excluding hydrogens is 544 g/mol. The molecule has 3 aromatic carbocycles. The fourth-order valence-corrected chi connectivity index (χ4v) is 6.45. The number of sulfone groups is 1. The van der Waals surface area contributed by atoms with E-state index in [1.807, 2.05) is 30.3 Å². The third-order valence-corrected chi connectivity index (χ3v) is 8.99. The van der Waals surface area contributed by atoms with Crippen molar-refractivity contribution < 1.29 is 32.5 Å². The second-order valence-electron chi connectivity index (χ2n) is 9.99. The van der Waals surface area contributed by atoms with Gasteiger partial charge in [0.2, 0.25) is 5.90 Å². The highest BCUT2D eigenvalue weighted by Gasteiger charge is 2.55. The van der Waals surface area contributed by atoms with Gasteiger partial charge in [-0.25, -0.2) is 13.4 Å². The van der Waals surface area contributed by atoms with Crippen LogP contribution in [-0.4, -0.2) is 81.0 Å². The van der Waals surface area contributed by atoms with E-state index in [-0.39, 0.29) is 35.5 Å². The fourth-order valence-electron chi connectivity index (χ4n) is 5.06. The molecule has 0 radical (unpaired) electrons. The number of ether oxygens (including phenoxy) is 3. The third kappa shape index (κ3) is 6.45. The largest absolute Gasteiger partial charge is 0.494 e. The average molecular weight is 579 g/mol. The molecule has 0 bridgehead atoms. The Balaban J connectivity index is 1.54. The van der Waals surface area contributed by atoms with Gasteiger partial charge in [-0.1, -0.05) is 48.5 Å². The first-order valence-electron chi connectivity index (χ1n) is 13.7. The van der Waals surface area contributed by atoms with Crippen molar-refractivity contribution in [2.75, 3.05) is 45.3 Å². The maximum Gasteiger partial charge on any atom is 0.255 e. The topological polar surface area (TPSA) is 115 Å². The number of aliphatic hydroxyl groups excluding tert-OH is 1. The summed E-state index contributed by atoms with van der Waals surface area (Å²) in [5.41, 5.74) is -0.136. The van der Waals surface area contributed by atoms with Gasteiger partial charge >= 0.3 is 0 Å². The van der Waals surface area contributed by atoms with Crippen LogP contribution in [0, 0.1) is 0 Å². The van der Waals surface area contributed by atoms with E-state index in [9.17, 15) is 13.2 Å². The maximum absolute atomic E-state index is 14.4. The molecule has 10 heteroatoms. The van der Waals surface area contributed by atoms with E-state index >= 15 is 0 Å². The Kier molecular flexibility index (Phi) is 9.02. The van der Waals surface area contributed by atoms with Gasteiger partial charge in [-0.05, 0) is 42.0 Å². The minimum absolute atomic E-state index is 0.0445. The first-order chi connectivity index (χ1) is 19.9.